The lowest BCUT2D eigenvalue weighted by molar-refractivity contribution is 0.0436. The number of oxazole rings is 1. The van der Waals surface area contributed by atoms with E-state index in [2.05, 4.69) is 11.6 Å². The topological polar surface area (TPSA) is 89.7 Å². The van der Waals surface area contributed by atoms with Crippen molar-refractivity contribution in [2.75, 3.05) is 10.8 Å². The van der Waals surface area contributed by atoms with Crippen molar-refractivity contribution in [3.05, 3.63) is 89.1 Å². The number of aromatic nitrogens is 1. The van der Waals surface area contributed by atoms with Gasteiger partial charge in [0.1, 0.15) is 5.76 Å². The Labute approximate surface area is 186 Å². The Kier molecular flexibility index (Phi) is 6.82. The number of aryl methyl sites for hydroxylation is 2. The summed E-state index contributed by atoms with van der Waals surface area (Å²) < 4.78 is 38.3. The zero-order valence-electron chi connectivity index (χ0n) is 17.0. The van der Waals surface area contributed by atoms with Crippen molar-refractivity contribution in [3.63, 3.8) is 0 Å². The van der Waals surface area contributed by atoms with Gasteiger partial charge in [-0.15, -0.1) is 6.58 Å². The third-order valence-corrected chi connectivity index (χ3v) is 6.51. The highest BCUT2D eigenvalue weighted by molar-refractivity contribution is 7.92. The highest BCUT2D eigenvalue weighted by Crippen LogP contribution is 2.26. The van der Waals surface area contributed by atoms with Gasteiger partial charge in [-0.3, -0.25) is 4.31 Å². The summed E-state index contributed by atoms with van der Waals surface area (Å²) in [6, 6.07) is 12.0. The fourth-order valence-corrected chi connectivity index (χ4v) is 4.40. The van der Waals surface area contributed by atoms with Crippen LogP contribution in [0.1, 0.15) is 27.7 Å². The van der Waals surface area contributed by atoms with Crippen molar-refractivity contribution in [1.82, 2.24) is 4.98 Å². The molecule has 0 saturated heterocycles. The lowest BCUT2D eigenvalue weighted by atomic mass is 10.2. The lowest BCUT2D eigenvalue weighted by Gasteiger charge is -2.23. The van der Waals surface area contributed by atoms with Crippen LogP contribution in [0.3, 0.4) is 0 Å². The lowest BCUT2D eigenvalue weighted by Crippen LogP contribution is -2.31. The monoisotopic (exact) mass is 460 g/mol. The number of rotatable bonds is 8. The summed E-state index contributed by atoms with van der Waals surface area (Å²) in [6.07, 6.45) is 1.48. The van der Waals surface area contributed by atoms with Crippen LogP contribution in [0.15, 0.2) is 70.5 Å². The second-order valence-corrected chi connectivity index (χ2v) is 8.95. The smallest absolute Gasteiger partial charge is 0.338 e. The predicted octanol–water partition coefficient (Wildman–Crippen LogP) is 4.68. The van der Waals surface area contributed by atoms with Crippen LogP contribution in [0.5, 0.6) is 0 Å². The molecule has 0 spiro atoms. The first-order valence-corrected chi connectivity index (χ1v) is 11.1. The summed E-state index contributed by atoms with van der Waals surface area (Å²) in [5, 5.41) is 0.487. The number of carbonyl (C=O) groups excluding carboxylic acids is 1. The Hall–Kier alpha value is -3.10. The van der Waals surface area contributed by atoms with Gasteiger partial charge in [-0.05, 0) is 56.3 Å². The summed E-state index contributed by atoms with van der Waals surface area (Å²) >= 11 is 5.91. The van der Waals surface area contributed by atoms with Crippen LogP contribution in [0.4, 0.5) is 5.69 Å². The Bertz CT molecular complexity index is 1180. The maximum Gasteiger partial charge on any atom is 0.338 e. The molecule has 0 N–H and O–H groups in total. The van der Waals surface area contributed by atoms with E-state index in [0.717, 1.165) is 0 Å². The third-order valence-electron chi connectivity index (χ3n) is 4.47. The molecule has 31 heavy (non-hydrogen) atoms. The normalized spacial score (nSPS) is 11.2. The molecule has 3 rings (SSSR count). The molecule has 9 heteroatoms. The standard InChI is InChI=1S/C22H21ClN2O5S/c1-4-12-25(19-10-8-18(23)9-11-19)31(27,28)20-7-5-6-17(13-20)22(26)29-14-21-24-15(2)16(3)30-21/h4-11,13H,1,12,14H2,2-3H3. The van der Waals surface area contributed by atoms with E-state index in [1.165, 1.54) is 34.6 Å². The highest BCUT2D eigenvalue weighted by Gasteiger charge is 2.25. The number of ether oxygens (including phenoxy) is 1. The van der Waals surface area contributed by atoms with Crippen molar-refractivity contribution >= 4 is 33.3 Å². The molecule has 7 nitrogen and oxygen atoms in total. The molecular formula is C22H21ClN2O5S. The number of benzene rings is 2. The van der Waals surface area contributed by atoms with E-state index < -0.39 is 16.0 Å². The van der Waals surface area contributed by atoms with Gasteiger partial charge in [0.2, 0.25) is 5.89 Å². The first-order chi connectivity index (χ1) is 14.7. The average molecular weight is 461 g/mol. The van der Waals surface area contributed by atoms with Crippen molar-refractivity contribution < 1.29 is 22.4 Å². The quantitative estimate of drug-likeness (QED) is 0.358. The largest absolute Gasteiger partial charge is 0.452 e. The number of hydrogen-bond acceptors (Lipinski definition) is 6. The number of nitrogens with zero attached hydrogens (tertiary/aromatic N) is 2. The van der Waals surface area contributed by atoms with E-state index >= 15 is 0 Å². The fraction of sp³-hybridized carbons (Fsp3) is 0.182. The molecule has 0 aliphatic heterocycles. The minimum Gasteiger partial charge on any atom is -0.452 e. The fourth-order valence-electron chi connectivity index (χ4n) is 2.79. The molecule has 0 unspecified atom stereocenters. The van der Waals surface area contributed by atoms with Gasteiger partial charge >= 0.3 is 5.97 Å². The molecule has 162 valence electrons. The second-order valence-electron chi connectivity index (χ2n) is 6.65. The van der Waals surface area contributed by atoms with Gasteiger partial charge in [0.15, 0.2) is 6.61 Å². The minimum absolute atomic E-state index is 0.0432. The molecule has 0 fully saturated rings. The molecule has 2 aromatic carbocycles. The summed E-state index contributed by atoms with van der Waals surface area (Å²) in [6.45, 7) is 7.07. The van der Waals surface area contributed by atoms with Gasteiger partial charge in [-0.25, -0.2) is 18.2 Å². The molecule has 0 saturated carbocycles. The Morgan fingerprint density at radius 2 is 1.94 bits per heavy atom. The zero-order chi connectivity index (χ0) is 22.6. The maximum atomic E-state index is 13.3. The zero-order valence-corrected chi connectivity index (χ0v) is 18.6. The van der Waals surface area contributed by atoms with Crippen molar-refractivity contribution in [2.24, 2.45) is 0 Å². The van der Waals surface area contributed by atoms with E-state index in [4.69, 9.17) is 20.8 Å². The van der Waals surface area contributed by atoms with Crippen LogP contribution in [0.25, 0.3) is 0 Å². The Morgan fingerprint density at radius 3 is 2.55 bits per heavy atom. The summed E-state index contributed by atoms with van der Waals surface area (Å²) in [5.74, 6) is 0.225. The van der Waals surface area contributed by atoms with Gasteiger partial charge in [0.25, 0.3) is 10.0 Å². The van der Waals surface area contributed by atoms with Crippen LogP contribution < -0.4 is 4.31 Å². The molecule has 0 atom stereocenters. The van der Waals surface area contributed by atoms with E-state index in [9.17, 15) is 13.2 Å². The molecule has 0 radical (unpaired) electrons. The van der Waals surface area contributed by atoms with Crippen molar-refractivity contribution in [1.29, 1.82) is 0 Å². The average Bonchev–Trinajstić information content (AvgIpc) is 3.08. The molecule has 0 aliphatic carbocycles. The third kappa shape index (κ3) is 5.15. The number of halogens is 1. The molecule has 1 aromatic heterocycles. The summed E-state index contributed by atoms with van der Waals surface area (Å²) in [4.78, 5) is 16.6. The number of carbonyl (C=O) groups is 1. The van der Waals surface area contributed by atoms with E-state index in [1.54, 1.807) is 38.1 Å². The highest BCUT2D eigenvalue weighted by atomic mass is 35.5. The molecule has 0 bridgehead atoms. The van der Waals surface area contributed by atoms with E-state index in [0.29, 0.717) is 22.2 Å². The summed E-state index contributed by atoms with van der Waals surface area (Å²) in [5.41, 5.74) is 1.23. The summed E-state index contributed by atoms with van der Waals surface area (Å²) in [7, 11) is -3.97. The van der Waals surface area contributed by atoms with Gasteiger partial charge in [-0.2, -0.15) is 0 Å². The molecular weight excluding hydrogens is 440 g/mol. The number of esters is 1. The molecule has 3 aromatic rings. The SMILES string of the molecule is C=CCN(c1ccc(Cl)cc1)S(=O)(=O)c1cccc(C(=O)OCc2nc(C)c(C)o2)c1. The van der Waals surface area contributed by atoms with Crippen LogP contribution in [-0.2, 0) is 21.4 Å². The first kappa shape index (κ1) is 22.6. The van der Waals surface area contributed by atoms with Crippen LogP contribution in [0.2, 0.25) is 5.02 Å². The number of hydrogen-bond donors (Lipinski definition) is 0. The molecule has 0 amide bonds. The van der Waals surface area contributed by atoms with Crippen LogP contribution >= 0.6 is 11.6 Å². The van der Waals surface area contributed by atoms with E-state index in [-0.39, 0.29) is 29.5 Å². The predicted molar refractivity (Wildman–Crippen MR) is 118 cm³/mol. The van der Waals surface area contributed by atoms with Gasteiger partial charge in [0.05, 0.1) is 28.4 Å². The van der Waals surface area contributed by atoms with Gasteiger partial charge < -0.3 is 9.15 Å². The number of sulfonamides is 1. The number of anilines is 1. The van der Waals surface area contributed by atoms with Crippen molar-refractivity contribution in [3.8, 4) is 0 Å². The van der Waals surface area contributed by atoms with Gasteiger partial charge in [0, 0.05) is 5.02 Å². The molecule has 0 aliphatic rings. The second kappa shape index (κ2) is 9.36. The van der Waals surface area contributed by atoms with Crippen LogP contribution in [0, 0.1) is 13.8 Å². The molecule has 1 heterocycles. The van der Waals surface area contributed by atoms with Crippen LogP contribution in [-0.4, -0.2) is 25.9 Å². The van der Waals surface area contributed by atoms with Gasteiger partial charge in [-0.1, -0.05) is 23.7 Å². The Morgan fingerprint density at radius 1 is 1.23 bits per heavy atom. The Balaban J connectivity index is 1.84. The maximum absolute atomic E-state index is 13.3. The van der Waals surface area contributed by atoms with E-state index in [1.807, 2.05) is 0 Å². The minimum atomic E-state index is -3.97. The first-order valence-electron chi connectivity index (χ1n) is 9.31. The van der Waals surface area contributed by atoms with Crippen molar-refractivity contribution in [2.45, 2.75) is 25.3 Å².